The van der Waals surface area contributed by atoms with E-state index in [1.54, 1.807) is 0 Å². The van der Waals surface area contributed by atoms with Gasteiger partial charge in [0.25, 0.3) is 0 Å². The van der Waals surface area contributed by atoms with Crippen LogP contribution in [0.2, 0.25) is 0 Å². The molecule has 0 aromatic carbocycles. The molecular weight excluding hydrogens is 265 g/mol. The van der Waals surface area contributed by atoms with Crippen LogP contribution in [0.1, 0.15) is 45.4 Å². The van der Waals surface area contributed by atoms with Crippen molar-refractivity contribution < 1.29 is 32.3 Å². The van der Waals surface area contributed by atoms with Gasteiger partial charge in [-0.3, -0.25) is 19.2 Å². The van der Waals surface area contributed by atoms with Gasteiger partial charge in [0.2, 0.25) is 5.78 Å². The smallest absolute Gasteiger partial charge is 0.300 e. The maximum Gasteiger partial charge on any atom is 0.450 e. The second kappa shape index (κ2) is 7.81. The summed E-state index contributed by atoms with van der Waals surface area (Å²) in [5, 5.41) is 0. The van der Waals surface area contributed by atoms with Gasteiger partial charge in [0.05, 0.1) is 12.8 Å². The van der Waals surface area contributed by atoms with Gasteiger partial charge in [-0.25, -0.2) is 0 Å². The SMILES string of the molecule is CC(=O)CC(=O)CCCCC(=O)CC(=O)C(F)(F)F. The number of Topliss-reactive ketones (excluding diaryl/α,β-unsaturated/α-hetero) is 4. The number of carbonyl (C=O) groups excluding carboxylic acids is 4. The van der Waals surface area contributed by atoms with Crippen molar-refractivity contribution in [2.45, 2.75) is 51.6 Å². The number of alkyl halides is 3. The average Bonchev–Trinajstić information content (AvgIpc) is 2.22. The average molecular weight is 280 g/mol. The molecule has 0 atom stereocenters. The summed E-state index contributed by atoms with van der Waals surface area (Å²) in [6.45, 7) is 1.28. The quantitative estimate of drug-likeness (QED) is 0.479. The second-order valence-electron chi connectivity index (χ2n) is 4.26. The molecule has 0 amide bonds. The van der Waals surface area contributed by atoms with Crippen LogP contribution in [0.25, 0.3) is 0 Å². The highest BCUT2D eigenvalue weighted by Gasteiger charge is 2.38. The van der Waals surface area contributed by atoms with E-state index in [2.05, 4.69) is 0 Å². The topological polar surface area (TPSA) is 68.3 Å². The van der Waals surface area contributed by atoms with Gasteiger partial charge in [0.15, 0.2) is 0 Å². The van der Waals surface area contributed by atoms with E-state index in [1.165, 1.54) is 6.92 Å². The van der Waals surface area contributed by atoms with Gasteiger partial charge < -0.3 is 0 Å². The first-order valence-corrected chi connectivity index (χ1v) is 5.75. The lowest BCUT2D eigenvalue weighted by Crippen LogP contribution is -2.25. The summed E-state index contributed by atoms with van der Waals surface area (Å²) in [7, 11) is 0. The number of ketones is 4. The lowest BCUT2D eigenvalue weighted by Gasteiger charge is -2.04. The lowest BCUT2D eigenvalue weighted by atomic mass is 10.0. The number of hydrogen-bond acceptors (Lipinski definition) is 4. The molecule has 0 spiro atoms. The van der Waals surface area contributed by atoms with Crippen molar-refractivity contribution in [3.05, 3.63) is 0 Å². The van der Waals surface area contributed by atoms with Crippen LogP contribution in [0.3, 0.4) is 0 Å². The zero-order chi connectivity index (χ0) is 15.1. The van der Waals surface area contributed by atoms with Crippen molar-refractivity contribution in [1.82, 2.24) is 0 Å². The Labute approximate surface area is 108 Å². The second-order valence-corrected chi connectivity index (χ2v) is 4.26. The molecule has 0 bridgehead atoms. The third-order valence-electron chi connectivity index (χ3n) is 2.28. The van der Waals surface area contributed by atoms with Crippen LogP contribution in [0.15, 0.2) is 0 Å². The fourth-order valence-corrected chi connectivity index (χ4v) is 1.38. The minimum atomic E-state index is -4.98. The summed E-state index contributed by atoms with van der Waals surface area (Å²) in [4.78, 5) is 43.3. The van der Waals surface area contributed by atoms with Gasteiger partial charge in [-0.05, 0) is 19.8 Å². The molecule has 0 aromatic heterocycles. The third-order valence-corrected chi connectivity index (χ3v) is 2.28. The molecule has 4 nitrogen and oxygen atoms in total. The van der Waals surface area contributed by atoms with Crippen LogP contribution < -0.4 is 0 Å². The van der Waals surface area contributed by atoms with Gasteiger partial charge in [-0.15, -0.1) is 0 Å². The summed E-state index contributed by atoms with van der Waals surface area (Å²) in [5.41, 5.74) is 0. The van der Waals surface area contributed by atoms with E-state index < -0.39 is 24.2 Å². The molecule has 0 rings (SSSR count). The molecule has 0 radical (unpaired) electrons. The molecule has 7 heteroatoms. The molecule has 0 aliphatic carbocycles. The van der Waals surface area contributed by atoms with Crippen molar-refractivity contribution in [1.29, 1.82) is 0 Å². The fraction of sp³-hybridized carbons (Fsp3) is 0.667. The minimum Gasteiger partial charge on any atom is -0.300 e. The first kappa shape index (κ1) is 17.5. The monoisotopic (exact) mass is 280 g/mol. The Kier molecular flexibility index (Phi) is 7.18. The predicted octanol–water partition coefficient (Wildman–Crippen LogP) is 2.19. The van der Waals surface area contributed by atoms with Crippen LogP contribution in [0.4, 0.5) is 13.2 Å². The summed E-state index contributed by atoms with van der Waals surface area (Å²) < 4.78 is 35.5. The number of unbranched alkanes of at least 4 members (excludes halogenated alkanes) is 1. The van der Waals surface area contributed by atoms with Crippen molar-refractivity contribution in [2.24, 2.45) is 0 Å². The fourth-order valence-electron chi connectivity index (χ4n) is 1.38. The van der Waals surface area contributed by atoms with E-state index in [4.69, 9.17) is 0 Å². The van der Waals surface area contributed by atoms with Gasteiger partial charge in [-0.1, -0.05) is 0 Å². The Bertz CT molecular complexity index is 372. The first-order chi connectivity index (χ1) is 8.62. The maximum absolute atomic E-state index is 11.8. The zero-order valence-electron chi connectivity index (χ0n) is 10.5. The normalized spacial score (nSPS) is 11.2. The van der Waals surface area contributed by atoms with Gasteiger partial charge in [0.1, 0.15) is 17.3 Å². The highest BCUT2D eigenvalue weighted by Crippen LogP contribution is 2.18. The van der Waals surface area contributed by atoms with E-state index in [0.29, 0.717) is 6.42 Å². The van der Waals surface area contributed by atoms with Gasteiger partial charge >= 0.3 is 6.18 Å². The molecule has 19 heavy (non-hydrogen) atoms. The van der Waals surface area contributed by atoms with Crippen molar-refractivity contribution in [3.8, 4) is 0 Å². The highest BCUT2D eigenvalue weighted by atomic mass is 19.4. The summed E-state index contributed by atoms with van der Waals surface area (Å²) >= 11 is 0. The zero-order valence-corrected chi connectivity index (χ0v) is 10.5. The molecule has 108 valence electrons. The van der Waals surface area contributed by atoms with Crippen molar-refractivity contribution >= 4 is 23.1 Å². The van der Waals surface area contributed by atoms with Crippen LogP contribution >= 0.6 is 0 Å². The van der Waals surface area contributed by atoms with Crippen molar-refractivity contribution in [3.63, 3.8) is 0 Å². The number of hydrogen-bond donors (Lipinski definition) is 0. The largest absolute Gasteiger partial charge is 0.450 e. The standard InChI is InChI=1S/C12H15F3O4/c1-8(16)6-9(17)4-2-3-5-10(18)7-11(19)12(13,14)15/h2-7H2,1H3. The van der Waals surface area contributed by atoms with Crippen LogP contribution in [-0.4, -0.2) is 29.3 Å². The molecule has 0 aliphatic rings. The summed E-state index contributed by atoms with van der Waals surface area (Å²) in [5.74, 6) is -3.35. The van der Waals surface area contributed by atoms with Gasteiger partial charge in [0, 0.05) is 12.8 Å². The Balaban J connectivity index is 3.79. The Morgan fingerprint density at radius 1 is 0.842 bits per heavy atom. The van der Waals surface area contributed by atoms with E-state index in [9.17, 15) is 32.3 Å². The molecule has 0 fully saturated rings. The van der Waals surface area contributed by atoms with Crippen LogP contribution in [0, 0.1) is 0 Å². The highest BCUT2D eigenvalue weighted by molar-refractivity contribution is 6.01. The number of rotatable bonds is 9. The number of halogens is 3. The van der Waals surface area contributed by atoms with E-state index in [1.807, 2.05) is 0 Å². The Morgan fingerprint density at radius 3 is 1.63 bits per heavy atom. The lowest BCUT2D eigenvalue weighted by molar-refractivity contribution is -0.171. The summed E-state index contributed by atoms with van der Waals surface area (Å²) in [6, 6.07) is 0. The molecule has 0 aliphatic heterocycles. The van der Waals surface area contributed by atoms with E-state index in [0.717, 1.165) is 0 Å². The van der Waals surface area contributed by atoms with Crippen molar-refractivity contribution in [2.75, 3.05) is 0 Å². The van der Waals surface area contributed by atoms with Gasteiger partial charge in [-0.2, -0.15) is 13.2 Å². The first-order valence-electron chi connectivity index (χ1n) is 5.75. The van der Waals surface area contributed by atoms with E-state index in [-0.39, 0.29) is 37.2 Å². The summed E-state index contributed by atoms with van der Waals surface area (Å²) in [6.07, 6.45) is -5.81. The minimum absolute atomic E-state index is 0.111. The predicted molar refractivity (Wildman–Crippen MR) is 59.5 cm³/mol. The molecule has 0 N–H and O–H groups in total. The van der Waals surface area contributed by atoms with Crippen LogP contribution in [-0.2, 0) is 19.2 Å². The Morgan fingerprint density at radius 2 is 1.26 bits per heavy atom. The molecule has 0 unspecified atom stereocenters. The molecule has 0 heterocycles. The molecule has 0 saturated heterocycles. The molecular formula is C12H15F3O4. The molecule has 0 aromatic rings. The third kappa shape index (κ3) is 9.10. The number of carbonyl (C=O) groups is 4. The van der Waals surface area contributed by atoms with E-state index >= 15 is 0 Å². The maximum atomic E-state index is 11.8. The molecule has 0 saturated carbocycles. The Hall–Kier alpha value is -1.53. The van der Waals surface area contributed by atoms with Crippen LogP contribution in [0.5, 0.6) is 0 Å².